The van der Waals surface area contributed by atoms with Crippen molar-refractivity contribution in [1.29, 1.82) is 0 Å². The number of rotatable bonds is 5. The highest BCUT2D eigenvalue weighted by Crippen LogP contribution is 2.23. The maximum Gasteiger partial charge on any atom is 0.343 e. The molecule has 0 aliphatic heterocycles. The van der Waals surface area contributed by atoms with Crippen molar-refractivity contribution in [2.75, 3.05) is 5.32 Å². The Labute approximate surface area is 197 Å². The van der Waals surface area contributed by atoms with E-state index < -0.39 is 17.8 Å². The lowest BCUT2D eigenvalue weighted by Crippen LogP contribution is -2.32. The van der Waals surface area contributed by atoms with Gasteiger partial charge in [0, 0.05) is 10.0 Å². The van der Waals surface area contributed by atoms with E-state index in [-0.39, 0.29) is 5.75 Å². The molecular formula is C23H17BrClN3O4. The van der Waals surface area contributed by atoms with E-state index in [4.69, 9.17) is 16.3 Å². The predicted molar refractivity (Wildman–Crippen MR) is 126 cm³/mol. The molecule has 9 heteroatoms. The fourth-order valence-electron chi connectivity index (χ4n) is 2.51. The molecule has 0 heterocycles. The largest absolute Gasteiger partial charge is 0.422 e. The molecule has 0 spiro atoms. The van der Waals surface area contributed by atoms with Gasteiger partial charge in [-0.25, -0.2) is 10.2 Å². The molecule has 0 aliphatic rings. The third-order valence-electron chi connectivity index (χ3n) is 4.16. The van der Waals surface area contributed by atoms with E-state index in [0.717, 1.165) is 5.56 Å². The molecule has 0 radical (unpaired) electrons. The number of nitrogens with zero attached hydrogens (tertiary/aromatic N) is 1. The Morgan fingerprint density at radius 2 is 1.72 bits per heavy atom. The molecule has 0 saturated carbocycles. The number of para-hydroxylation sites is 1. The number of hydrazone groups is 1. The van der Waals surface area contributed by atoms with Gasteiger partial charge in [0.25, 0.3) is 0 Å². The zero-order chi connectivity index (χ0) is 23.1. The van der Waals surface area contributed by atoms with E-state index in [9.17, 15) is 14.4 Å². The van der Waals surface area contributed by atoms with Gasteiger partial charge in [-0.3, -0.25) is 9.59 Å². The van der Waals surface area contributed by atoms with Gasteiger partial charge in [-0.1, -0.05) is 57.4 Å². The van der Waals surface area contributed by atoms with E-state index >= 15 is 0 Å². The highest BCUT2D eigenvalue weighted by Gasteiger charge is 2.15. The first-order valence-electron chi connectivity index (χ1n) is 9.31. The van der Waals surface area contributed by atoms with Crippen molar-refractivity contribution >= 4 is 57.2 Å². The van der Waals surface area contributed by atoms with Crippen molar-refractivity contribution < 1.29 is 19.1 Å². The van der Waals surface area contributed by atoms with Crippen molar-refractivity contribution in [3.63, 3.8) is 0 Å². The lowest BCUT2D eigenvalue weighted by molar-refractivity contribution is -0.136. The maximum absolute atomic E-state index is 12.4. The van der Waals surface area contributed by atoms with E-state index in [1.54, 1.807) is 54.6 Å². The van der Waals surface area contributed by atoms with E-state index in [1.165, 1.54) is 6.21 Å². The first-order chi connectivity index (χ1) is 15.3. The van der Waals surface area contributed by atoms with Crippen LogP contribution in [0.1, 0.15) is 21.5 Å². The summed E-state index contributed by atoms with van der Waals surface area (Å²) in [5.74, 6) is -2.23. The first kappa shape index (κ1) is 23.2. The number of anilines is 1. The zero-order valence-corrected chi connectivity index (χ0v) is 19.1. The van der Waals surface area contributed by atoms with Crippen molar-refractivity contribution in [2.24, 2.45) is 5.10 Å². The van der Waals surface area contributed by atoms with Crippen LogP contribution in [0.5, 0.6) is 5.75 Å². The van der Waals surface area contributed by atoms with Crippen molar-refractivity contribution in [1.82, 2.24) is 5.43 Å². The summed E-state index contributed by atoms with van der Waals surface area (Å²) in [5.41, 5.74) is 4.25. The molecule has 0 fully saturated rings. The molecule has 162 valence electrons. The molecule has 32 heavy (non-hydrogen) atoms. The highest BCUT2D eigenvalue weighted by atomic mass is 79.9. The van der Waals surface area contributed by atoms with Crippen LogP contribution in [0.15, 0.2) is 76.3 Å². The monoisotopic (exact) mass is 513 g/mol. The number of nitrogens with one attached hydrogen (secondary N) is 2. The Balaban J connectivity index is 1.67. The molecule has 0 aliphatic carbocycles. The van der Waals surface area contributed by atoms with Gasteiger partial charge in [-0.15, -0.1) is 0 Å². The second-order valence-corrected chi connectivity index (χ2v) is 7.89. The van der Waals surface area contributed by atoms with Crippen molar-refractivity contribution in [2.45, 2.75) is 6.92 Å². The summed E-state index contributed by atoms with van der Waals surface area (Å²) < 4.78 is 6.17. The van der Waals surface area contributed by atoms with Gasteiger partial charge in [0.1, 0.15) is 5.75 Å². The minimum Gasteiger partial charge on any atom is -0.422 e. The lowest BCUT2D eigenvalue weighted by atomic mass is 10.1. The van der Waals surface area contributed by atoms with Crippen LogP contribution in [0, 0.1) is 6.92 Å². The summed E-state index contributed by atoms with van der Waals surface area (Å²) in [4.78, 5) is 36.5. The molecule has 0 saturated heterocycles. The molecule has 0 aromatic heterocycles. The van der Waals surface area contributed by atoms with Crippen LogP contribution in [0.25, 0.3) is 0 Å². The van der Waals surface area contributed by atoms with E-state index in [0.29, 0.717) is 26.3 Å². The normalized spacial score (nSPS) is 10.6. The summed E-state index contributed by atoms with van der Waals surface area (Å²) in [7, 11) is 0. The Kier molecular flexibility index (Phi) is 7.75. The molecule has 7 nitrogen and oxygen atoms in total. The second kappa shape index (κ2) is 10.7. The number of carbonyl (C=O) groups is 3. The van der Waals surface area contributed by atoms with Crippen molar-refractivity contribution in [3.8, 4) is 5.75 Å². The SMILES string of the molecule is Cc1ccc(C(=O)Oc2ccc(Br)cc2/C=N\NC(=O)C(=O)Nc2ccccc2Cl)cc1. The quantitative estimate of drug-likeness (QED) is 0.169. The number of amides is 2. The number of halogens is 2. The summed E-state index contributed by atoms with van der Waals surface area (Å²) >= 11 is 9.30. The van der Waals surface area contributed by atoms with Crippen LogP contribution < -0.4 is 15.5 Å². The number of carbonyl (C=O) groups excluding carboxylic acids is 3. The summed E-state index contributed by atoms with van der Waals surface area (Å²) in [6, 6.07) is 18.4. The number of hydrogen-bond donors (Lipinski definition) is 2. The Hall–Kier alpha value is -3.49. The number of aryl methyl sites for hydroxylation is 1. The number of benzene rings is 3. The highest BCUT2D eigenvalue weighted by molar-refractivity contribution is 9.10. The average molecular weight is 515 g/mol. The summed E-state index contributed by atoms with van der Waals surface area (Å²) in [6.45, 7) is 1.92. The predicted octanol–water partition coefficient (Wildman–Crippen LogP) is 4.72. The van der Waals surface area contributed by atoms with Crippen LogP contribution >= 0.6 is 27.5 Å². The molecule has 2 amide bonds. The van der Waals surface area contributed by atoms with Crippen LogP contribution in [0.2, 0.25) is 5.02 Å². The minimum absolute atomic E-state index is 0.234. The van der Waals surface area contributed by atoms with Crippen LogP contribution in [0.3, 0.4) is 0 Å². The first-order valence-corrected chi connectivity index (χ1v) is 10.5. The molecular weight excluding hydrogens is 498 g/mol. The zero-order valence-electron chi connectivity index (χ0n) is 16.8. The maximum atomic E-state index is 12.4. The molecule has 2 N–H and O–H groups in total. The van der Waals surface area contributed by atoms with Crippen molar-refractivity contribution in [3.05, 3.63) is 92.9 Å². The number of esters is 1. The molecule has 0 bridgehead atoms. The van der Waals surface area contributed by atoms with E-state index in [1.807, 2.05) is 19.1 Å². The fraction of sp³-hybridized carbons (Fsp3) is 0.0435. The van der Waals surface area contributed by atoms with Gasteiger partial charge >= 0.3 is 17.8 Å². The lowest BCUT2D eigenvalue weighted by Gasteiger charge is -2.08. The average Bonchev–Trinajstić information content (AvgIpc) is 2.77. The standard InChI is InChI=1S/C23H17BrClN3O4/c1-14-6-8-15(9-7-14)23(31)32-20-11-10-17(24)12-16(20)13-26-28-22(30)21(29)27-19-5-3-2-4-18(19)25/h2-13H,1H3,(H,27,29)(H,28,30)/b26-13-. The van der Waals surface area contributed by atoms with Gasteiger partial charge in [-0.2, -0.15) is 5.10 Å². The second-order valence-electron chi connectivity index (χ2n) is 6.57. The fourth-order valence-corrected chi connectivity index (χ4v) is 3.08. The van der Waals surface area contributed by atoms with Gasteiger partial charge in [0.05, 0.1) is 22.5 Å². The third kappa shape index (κ3) is 6.26. The molecule has 3 aromatic carbocycles. The summed E-state index contributed by atoms with van der Waals surface area (Å²) in [6.07, 6.45) is 1.27. The molecule has 3 aromatic rings. The Morgan fingerprint density at radius 3 is 2.44 bits per heavy atom. The summed E-state index contributed by atoms with van der Waals surface area (Å²) in [5, 5.41) is 6.48. The van der Waals surface area contributed by atoms with Gasteiger partial charge in [-0.05, 0) is 49.4 Å². The smallest absolute Gasteiger partial charge is 0.343 e. The van der Waals surface area contributed by atoms with Gasteiger partial charge in [0.2, 0.25) is 0 Å². The minimum atomic E-state index is -0.991. The third-order valence-corrected chi connectivity index (χ3v) is 4.98. The molecule has 0 atom stereocenters. The van der Waals surface area contributed by atoms with Crippen LogP contribution in [-0.4, -0.2) is 24.0 Å². The van der Waals surface area contributed by atoms with Crippen LogP contribution in [0.4, 0.5) is 5.69 Å². The molecule has 3 rings (SSSR count). The Morgan fingerprint density at radius 1 is 1.00 bits per heavy atom. The topological polar surface area (TPSA) is 96.9 Å². The molecule has 0 unspecified atom stereocenters. The Bertz CT molecular complexity index is 1200. The number of ether oxygens (including phenoxy) is 1. The van der Waals surface area contributed by atoms with Crippen LogP contribution in [-0.2, 0) is 9.59 Å². The number of hydrogen-bond acceptors (Lipinski definition) is 5. The van der Waals surface area contributed by atoms with E-state index in [2.05, 4.69) is 31.8 Å². The van der Waals surface area contributed by atoms with Gasteiger partial charge < -0.3 is 10.1 Å². The van der Waals surface area contributed by atoms with Gasteiger partial charge in [0.15, 0.2) is 0 Å².